The van der Waals surface area contributed by atoms with Gasteiger partial charge >= 0.3 is 0 Å². The van der Waals surface area contributed by atoms with E-state index in [1.54, 1.807) is 6.08 Å². The quantitative estimate of drug-likeness (QED) is 0.659. The van der Waals surface area contributed by atoms with E-state index in [0.29, 0.717) is 10.6 Å². The first-order valence-corrected chi connectivity index (χ1v) is 11.6. The van der Waals surface area contributed by atoms with Crippen LogP contribution >= 0.6 is 11.8 Å². The maximum atomic E-state index is 12.8. The Bertz CT molecular complexity index is 1120. The Hall–Kier alpha value is -3.06. The van der Waals surface area contributed by atoms with Gasteiger partial charge in [-0.15, -0.1) is 0 Å². The zero-order valence-electron chi connectivity index (χ0n) is 18.6. The topological polar surface area (TPSA) is 69.7 Å². The Morgan fingerprint density at radius 1 is 1.06 bits per heavy atom. The Balaban J connectivity index is 1.46. The van der Waals surface area contributed by atoms with E-state index in [2.05, 4.69) is 22.3 Å². The second kappa shape index (κ2) is 9.20. The molecule has 0 saturated carbocycles. The summed E-state index contributed by atoms with van der Waals surface area (Å²) in [7, 11) is 0. The molecule has 0 atom stereocenters. The summed E-state index contributed by atoms with van der Waals surface area (Å²) in [5, 5.41) is 2.38. The maximum Gasteiger partial charge on any atom is 0.294 e. The highest BCUT2D eigenvalue weighted by Crippen LogP contribution is 2.33. The number of hydrogen-bond donors (Lipinski definition) is 1. The molecular weight excluding hydrogens is 422 g/mol. The molecule has 0 aliphatic carbocycles. The van der Waals surface area contributed by atoms with E-state index in [1.807, 2.05) is 45.0 Å². The summed E-state index contributed by atoms with van der Waals surface area (Å²) < 4.78 is 0. The van der Waals surface area contributed by atoms with Gasteiger partial charge < -0.3 is 10.2 Å². The average molecular weight is 450 g/mol. The van der Waals surface area contributed by atoms with Crippen molar-refractivity contribution in [2.45, 2.75) is 33.6 Å². The van der Waals surface area contributed by atoms with Crippen LogP contribution in [0.2, 0.25) is 0 Å². The number of rotatable bonds is 5. The molecule has 32 heavy (non-hydrogen) atoms. The first-order valence-electron chi connectivity index (χ1n) is 10.8. The number of amides is 3. The van der Waals surface area contributed by atoms with Gasteiger partial charge in [-0.05, 0) is 91.9 Å². The fourth-order valence-corrected chi connectivity index (χ4v) is 4.82. The predicted molar refractivity (Wildman–Crippen MR) is 130 cm³/mol. The van der Waals surface area contributed by atoms with Gasteiger partial charge in [0.1, 0.15) is 6.54 Å². The number of imide groups is 1. The molecule has 2 fully saturated rings. The minimum absolute atomic E-state index is 0.303. The third kappa shape index (κ3) is 4.58. The third-order valence-corrected chi connectivity index (χ3v) is 6.97. The summed E-state index contributed by atoms with van der Waals surface area (Å²) >= 11 is 0.877. The summed E-state index contributed by atoms with van der Waals surface area (Å²) in [6.45, 7) is 7.73. The fourth-order valence-electron chi connectivity index (χ4n) is 3.99. The van der Waals surface area contributed by atoms with E-state index in [-0.39, 0.29) is 6.54 Å². The highest BCUT2D eigenvalue weighted by molar-refractivity contribution is 8.18. The van der Waals surface area contributed by atoms with Gasteiger partial charge in [0.05, 0.1) is 4.91 Å². The van der Waals surface area contributed by atoms with Gasteiger partial charge in [-0.2, -0.15) is 0 Å². The molecule has 2 heterocycles. The van der Waals surface area contributed by atoms with Crippen molar-refractivity contribution in [1.29, 1.82) is 0 Å². The van der Waals surface area contributed by atoms with Gasteiger partial charge in [0.15, 0.2) is 0 Å². The second-order valence-corrected chi connectivity index (χ2v) is 9.29. The van der Waals surface area contributed by atoms with Crippen LogP contribution < -0.4 is 10.2 Å². The summed E-state index contributed by atoms with van der Waals surface area (Å²) in [4.78, 5) is 41.5. The molecular formula is C25H27N3O3S. The second-order valence-electron chi connectivity index (χ2n) is 8.30. The molecule has 2 aliphatic rings. The molecule has 0 aromatic heterocycles. The molecule has 0 bridgehead atoms. The Morgan fingerprint density at radius 3 is 2.53 bits per heavy atom. The van der Waals surface area contributed by atoms with Crippen LogP contribution in [0.5, 0.6) is 0 Å². The van der Waals surface area contributed by atoms with Crippen molar-refractivity contribution >= 4 is 46.3 Å². The number of nitrogens with one attached hydrogen (secondary N) is 1. The van der Waals surface area contributed by atoms with Crippen molar-refractivity contribution in [2.75, 3.05) is 29.9 Å². The molecule has 166 valence electrons. The van der Waals surface area contributed by atoms with Crippen LogP contribution in [0.4, 0.5) is 16.2 Å². The largest absolute Gasteiger partial charge is 0.372 e. The Morgan fingerprint density at radius 2 is 1.81 bits per heavy atom. The number of benzene rings is 2. The predicted octanol–water partition coefficient (Wildman–Crippen LogP) is 4.89. The van der Waals surface area contributed by atoms with Crippen molar-refractivity contribution in [3.05, 3.63) is 63.6 Å². The zero-order chi connectivity index (χ0) is 22.8. The lowest BCUT2D eigenvalue weighted by atomic mass is 10.1. The van der Waals surface area contributed by atoms with E-state index < -0.39 is 17.1 Å². The van der Waals surface area contributed by atoms with Crippen molar-refractivity contribution in [1.82, 2.24) is 4.90 Å². The molecule has 7 heteroatoms. The monoisotopic (exact) mass is 449 g/mol. The number of nitrogens with zero attached hydrogens (tertiary/aromatic N) is 2. The molecule has 2 aromatic carbocycles. The highest BCUT2D eigenvalue weighted by Gasteiger charge is 2.36. The van der Waals surface area contributed by atoms with Gasteiger partial charge in [-0.25, -0.2) is 0 Å². The molecule has 2 saturated heterocycles. The van der Waals surface area contributed by atoms with Gasteiger partial charge in [-0.3, -0.25) is 19.3 Å². The third-order valence-electron chi connectivity index (χ3n) is 6.07. The number of carbonyl (C=O) groups is 3. The van der Waals surface area contributed by atoms with Crippen molar-refractivity contribution in [3.63, 3.8) is 0 Å². The minimum Gasteiger partial charge on any atom is -0.372 e. The van der Waals surface area contributed by atoms with Crippen LogP contribution in [0.15, 0.2) is 41.3 Å². The normalized spacial score (nSPS) is 17.5. The van der Waals surface area contributed by atoms with Crippen molar-refractivity contribution in [2.24, 2.45) is 0 Å². The van der Waals surface area contributed by atoms with Crippen LogP contribution in [0.3, 0.4) is 0 Å². The Kier molecular flexibility index (Phi) is 6.37. The van der Waals surface area contributed by atoms with Crippen LogP contribution in [0.25, 0.3) is 6.08 Å². The zero-order valence-corrected chi connectivity index (χ0v) is 19.4. The van der Waals surface area contributed by atoms with E-state index in [1.165, 1.54) is 18.5 Å². The molecule has 3 amide bonds. The van der Waals surface area contributed by atoms with Crippen LogP contribution in [0.1, 0.15) is 35.1 Å². The SMILES string of the molecule is Cc1cc(N2CCCC2)ccc1/C=C1/SC(=O)N(CC(=O)Nc2cccc(C)c2C)C1=O. The molecule has 2 aliphatic heterocycles. The Labute approximate surface area is 192 Å². The smallest absolute Gasteiger partial charge is 0.294 e. The van der Waals surface area contributed by atoms with Crippen LogP contribution in [-0.2, 0) is 9.59 Å². The molecule has 6 nitrogen and oxygen atoms in total. The molecule has 0 unspecified atom stereocenters. The first-order chi connectivity index (χ1) is 15.3. The molecule has 0 spiro atoms. The van der Waals surface area contributed by atoms with E-state index in [0.717, 1.165) is 52.0 Å². The van der Waals surface area contributed by atoms with Crippen molar-refractivity contribution in [3.8, 4) is 0 Å². The number of carbonyl (C=O) groups excluding carboxylic acids is 3. The molecule has 1 N–H and O–H groups in total. The number of aryl methyl sites for hydroxylation is 2. The fraction of sp³-hybridized carbons (Fsp3) is 0.320. The lowest BCUT2D eigenvalue weighted by molar-refractivity contribution is -0.127. The van der Waals surface area contributed by atoms with Gasteiger partial charge in [0, 0.05) is 24.5 Å². The van der Waals surface area contributed by atoms with Gasteiger partial charge in [0.25, 0.3) is 11.1 Å². The van der Waals surface area contributed by atoms with Crippen molar-refractivity contribution < 1.29 is 14.4 Å². The number of anilines is 2. The summed E-state index contributed by atoms with van der Waals surface area (Å²) in [5.41, 5.74) is 5.84. The maximum absolute atomic E-state index is 12.8. The van der Waals surface area contributed by atoms with Crippen LogP contribution in [-0.4, -0.2) is 41.6 Å². The lowest BCUT2D eigenvalue weighted by Crippen LogP contribution is -2.36. The first kappa shape index (κ1) is 22.1. The molecule has 4 rings (SSSR count). The van der Waals surface area contributed by atoms with E-state index >= 15 is 0 Å². The summed E-state index contributed by atoms with van der Waals surface area (Å²) in [5.74, 6) is -0.826. The summed E-state index contributed by atoms with van der Waals surface area (Å²) in [6.07, 6.45) is 4.17. The van der Waals surface area contributed by atoms with E-state index in [9.17, 15) is 14.4 Å². The van der Waals surface area contributed by atoms with Crippen LogP contribution in [0, 0.1) is 20.8 Å². The summed E-state index contributed by atoms with van der Waals surface area (Å²) in [6, 6.07) is 11.8. The number of hydrogen-bond acceptors (Lipinski definition) is 5. The van der Waals surface area contributed by atoms with Gasteiger partial charge in [0.2, 0.25) is 5.91 Å². The molecule has 0 radical (unpaired) electrons. The van der Waals surface area contributed by atoms with Gasteiger partial charge in [-0.1, -0.05) is 18.2 Å². The lowest BCUT2D eigenvalue weighted by Gasteiger charge is -2.18. The minimum atomic E-state index is -0.431. The molecule has 2 aromatic rings. The number of thioether (sulfide) groups is 1. The average Bonchev–Trinajstić information content (AvgIpc) is 3.38. The van der Waals surface area contributed by atoms with E-state index in [4.69, 9.17) is 0 Å². The highest BCUT2D eigenvalue weighted by atomic mass is 32.2. The standard InChI is InChI=1S/C25H27N3O3S/c1-16-7-6-8-21(18(16)3)26-23(29)15-28-24(30)22(32-25(28)31)14-19-9-10-20(13-17(19)2)27-11-4-5-12-27/h6-10,13-14H,4-5,11-12,15H2,1-3H3,(H,26,29)/b22-14+.